The summed E-state index contributed by atoms with van der Waals surface area (Å²) < 4.78 is 16.8. The molecule has 1 aliphatic rings. The zero-order valence-corrected chi connectivity index (χ0v) is 18.1. The van der Waals surface area contributed by atoms with Crippen molar-refractivity contribution in [3.8, 4) is 23.0 Å². The molecule has 3 aromatic rings. The first kappa shape index (κ1) is 20.9. The second-order valence-corrected chi connectivity index (χ2v) is 7.87. The molecule has 1 aromatic heterocycles. The van der Waals surface area contributed by atoms with E-state index in [1.54, 1.807) is 0 Å². The Bertz CT molecular complexity index is 1030. The fraction of sp³-hybridized carbons (Fsp3) is 0.375. The maximum atomic E-state index is 12.6. The molecule has 1 saturated heterocycles. The number of benzene rings is 2. The average Bonchev–Trinajstić information content (AvgIpc) is 3.37. The summed E-state index contributed by atoms with van der Waals surface area (Å²) >= 11 is 0. The number of aromatic nitrogens is 2. The van der Waals surface area contributed by atoms with Crippen LogP contribution in [0.25, 0.3) is 11.5 Å². The molecule has 0 radical (unpaired) electrons. The molecule has 162 valence electrons. The van der Waals surface area contributed by atoms with Crippen LogP contribution in [0.5, 0.6) is 11.5 Å². The minimum absolute atomic E-state index is 0.0900. The zero-order valence-electron chi connectivity index (χ0n) is 18.1. The van der Waals surface area contributed by atoms with E-state index in [1.807, 2.05) is 74.2 Å². The lowest BCUT2D eigenvalue weighted by Gasteiger charge is -2.17. The van der Waals surface area contributed by atoms with Crippen LogP contribution in [0.3, 0.4) is 0 Å². The maximum absolute atomic E-state index is 12.6. The predicted molar refractivity (Wildman–Crippen MR) is 116 cm³/mol. The van der Waals surface area contributed by atoms with Gasteiger partial charge in [-0.2, -0.15) is 4.98 Å². The first-order valence-electron chi connectivity index (χ1n) is 10.6. The van der Waals surface area contributed by atoms with Gasteiger partial charge in [-0.15, -0.1) is 0 Å². The monoisotopic (exact) mass is 421 g/mol. The molecule has 4 rings (SSSR count). The summed E-state index contributed by atoms with van der Waals surface area (Å²) in [5.74, 6) is 2.50. The van der Waals surface area contributed by atoms with Gasteiger partial charge < -0.3 is 18.9 Å². The van der Waals surface area contributed by atoms with Crippen molar-refractivity contribution in [1.82, 2.24) is 15.0 Å². The fourth-order valence-corrected chi connectivity index (χ4v) is 3.70. The molecule has 0 spiro atoms. The number of ether oxygens (including phenoxy) is 2. The highest BCUT2D eigenvalue weighted by Crippen LogP contribution is 2.32. The lowest BCUT2D eigenvalue weighted by Crippen LogP contribution is -2.24. The number of carbonyl (C=O) groups excluding carboxylic acids is 1. The Morgan fingerprint density at radius 3 is 2.68 bits per heavy atom. The number of carbonyl (C=O) groups is 1. The van der Waals surface area contributed by atoms with E-state index < -0.39 is 0 Å². The molecule has 0 N–H and O–H groups in total. The number of nitrogens with zero attached hydrogens (tertiary/aromatic N) is 3. The largest absolute Gasteiger partial charge is 0.493 e. The van der Waals surface area contributed by atoms with Crippen molar-refractivity contribution < 1.29 is 18.8 Å². The molecular formula is C24H27N3O4. The zero-order chi connectivity index (χ0) is 21.8. The minimum Gasteiger partial charge on any atom is -0.493 e. The van der Waals surface area contributed by atoms with Crippen LogP contribution in [-0.2, 0) is 11.3 Å². The number of rotatable bonds is 8. The van der Waals surface area contributed by atoms with Crippen molar-refractivity contribution in [2.24, 2.45) is 0 Å². The molecule has 1 atom stereocenters. The molecule has 2 heterocycles. The Morgan fingerprint density at radius 2 is 1.94 bits per heavy atom. The molecule has 7 heteroatoms. The van der Waals surface area contributed by atoms with Crippen molar-refractivity contribution in [3.05, 3.63) is 59.9 Å². The van der Waals surface area contributed by atoms with E-state index in [2.05, 4.69) is 10.1 Å². The van der Waals surface area contributed by atoms with Crippen molar-refractivity contribution in [3.63, 3.8) is 0 Å². The van der Waals surface area contributed by atoms with Crippen molar-refractivity contribution in [1.29, 1.82) is 0 Å². The SMILES string of the molecule is CCOc1ccccc1-c1nc(C2CC(=O)N(Cc3ccc(OC(C)C)cc3)C2)no1. The molecule has 1 unspecified atom stereocenters. The molecule has 7 nitrogen and oxygen atoms in total. The van der Waals surface area contributed by atoms with Crippen molar-refractivity contribution >= 4 is 5.91 Å². The van der Waals surface area contributed by atoms with Crippen LogP contribution in [0.4, 0.5) is 0 Å². The summed E-state index contributed by atoms with van der Waals surface area (Å²) in [5.41, 5.74) is 1.82. The normalized spacial score (nSPS) is 16.2. The van der Waals surface area contributed by atoms with Crippen molar-refractivity contribution in [2.75, 3.05) is 13.2 Å². The second kappa shape index (κ2) is 9.20. The summed E-state index contributed by atoms with van der Waals surface area (Å²) in [4.78, 5) is 19.0. The van der Waals surface area contributed by atoms with Crippen LogP contribution >= 0.6 is 0 Å². The number of para-hydroxylation sites is 1. The van der Waals surface area contributed by atoms with Crippen LogP contribution < -0.4 is 9.47 Å². The van der Waals surface area contributed by atoms with Gasteiger partial charge in [0.2, 0.25) is 5.91 Å². The van der Waals surface area contributed by atoms with Gasteiger partial charge in [0.25, 0.3) is 5.89 Å². The molecular weight excluding hydrogens is 394 g/mol. The van der Waals surface area contributed by atoms with Gasteiger partial charge >= 0.3 is 0 Å². The van der Waals surface area contributed by atoms with E-state index in [9.17, 15) is 4.79 Å². The van der Waals surface area contributed by atoms with E-state index >= 15 is 0 Å². The number of likely N-dealkylation sites (tertiary alicyclic amines) is 1. The quantitative estimate of drug-likeness (QED) is 0.535. The summed E-state index contributed by atoms with van der Waals surface area (Å²) in [6.07, 6.45) is 0.507. The summed E-state index contributed by atoms with van der Waals surface area (Å²) in [6.45, 7) is 7.59. The molecule has 0 aliphatic carbocycles. The van der Waals surface area contributed by atoms with Gasteiger partial charge in [0, 0.05) is 25.4 Å². The lowest BCUT2D eigenvalue weighted by atomic mass is 10.1. The standard InChI is InChI=1S/C24H27N3O4/c1-4-29-21-8-6-5-7-20(21)24-25-23(26-31-24)18-13-22(28)27(15-18)14-17-9-11-19(12-10-17)30-16(2)3/h5-12,16,18H,4,13-15H2,1-3H3. The molecule has 1 aliphatic heterocycles. The first-order valence-corrected chi connectivity index (χ1v) is 10.6. The smallest absolute Gasteiger partial charge is 0.261 e. The summed E-state index contributed by atoms with van der Waals surface area (Å²) in [7, 11) is 0. The molecule has 2 aromatic carbocycles. The Hall–Kier alpha value is -3.35. The van der Waals surface area contributed by atoms with Gasteiger partial charge in [0.15, 0.2) is 5.82 Å². The molecule has 0 bridgehead atoms. The summed E-state index contributed by atoms with van der Waals surface area (Å²) in [6, 6.07) is 15.4. The molecule has 31 heavy (non-hydrogen) atoms. The molecule has 1 amide bonds. The highest BCUT2D eigenvalue weighted by atomic mass is 16.5. The third kappa shape index (κ3) is 4.87. The van der Waals surface area contributed by atoms with Gasteiger partial charge in [-0.1, -0.05) is 29.4 Å². The number of amides is 1. The van der Waals surface area contributed by atoms with E-state index in [1.165, 1.54) is 0 Å². The second-order valence-electron chi connectivity index (χ2n) is 7.87. The summed E-state index contributed by atoms with van der Waals surface area (Å²) in [5, 5.41) is 4.15. The van der Waals surface area contributed by atoms with E-state index in [-0.39, 0.29) is 17.9 Å². The Morgan fingerprint density at radius 1 is 1.16 bits per heavy atom. The predicted octanol–water partition coefficient (Wildman–Crippen LogP) is 4.44. The van der Waals surface area contributed by atoms with Crippen LogP contribution in [0.2, 0.25) is 0 Å². The third-order valence-electron chi connectivity index (χ3n) is 5.11. The van der Waals surface area contributed by atoms with Crippen molar-refractivity contribution in [2.45, 2.75) is 45.8 Å². The Labute approximate surface area is 182 Å². The van der Waals surface area contributed by atoms with Crippen LogP contribution in [0, 0.1) is 0 Å². The van der Waals surface area contributed by atoms with Crippen LogP contribution in [0.1, 0.15) is 44.5 Å². The Balaban J connectivity index is 1.43. The Kier molecular flexibility index (Phi) is 6.21. The third-order valence-corrected chi connectivity index (χ3v) is 5.11. The fourth-order valence-electron chi connectivity index (χ4n) is 3.70. The van der Waals surface area contributed by atoms with Gasteiger partial charge in [-0.25, -0.2) is 0 Å². The van der Waals surface area contributed by atoms with E-state index in [4.69, 9.17) is 14.0 Å². The first-order chi connectivity index (χ1) is 15.0. The van der Waals surface area contributed by atoms with Gasteiger partial charge in [-0.05, 0) is 50.6 Å². The lowest BCUT2D eigenvalue weighted by molar-refractivity contribution is -0.128. The number of hydrogen-bond donors (Lipinski definition) is 0. The molecule has 1 fully saturated rings. The van der Waals surface area contributed by atoms with E-state index in [0.29, 0.717) is 43.6 Å². The van der Waals surface area contributed by atoms with Crippen LogP contribution in [-0.4, -0.2) is 40.2 Å². The van der Waals surface area contributed by atoms with Gasteiger partial charge in [-0.3, -0.25) is 4.79 Å². The van der Waals surface area contributed by atoms with Gasteiger partial charge in [0.1, 0.15) is 11.5 Å². The number of hydrogen-bond acceptors (Lipinski definition) is 6. The topological polar surface area (TPSA) is 77.7 Å². The van der Waals surface area contributed by atoms with Crippen LogP contribution in [0.15, 0.2) is 53.1 Å². The van der Waals surface area contributed by atoms with E-state index in [0.717, 1.165) is 16.9 Å². The molecule has 0 saturated carbocycles. The highest BCUT2D eigenvalue weighted by Gasteiger charge is 2.34. The highest BCUT2D eigenvalue weighted by molar-refractivity contribution is 5.79. The maximum Gasteiger partial charge on any atom is 0.261 e. The van der Waals surface area contributed by atoms with Gasteiger partial charge in [0.05, 0.1) is 18.3 Å². The average molecular weight is 421 g/mol. The minimum atomic E-state index is -0.0900.